The van der Waals surface area contributed by atoms with E-state index in [1.165, 1.54) is 0 Å². The number of carbonyl (C=O) groups excluding carboxylic acids is 1. The summed E-state index contributed by atoms with van der Waals surface area (Å²) in [5.41, 5.74) is -3.30. The van der Waals surface area contributed by atoms with Gasteiger partial charge >= 0.3 is 12.3 Å². The number of fused-ring (bicyclic) bond motifs is 2. The van der Waals surface area contributed by atoms with Crippen LogP contribution in [-0.2, 0) is 17.3 Å². The van der Waals surface area contributed by atoms with Crippen molar-refractivity contribution >= 4 is 6.09 Å². The quantitative estimate of drug-likeness (QED) is 0.730. The third kappa shape index (κ3) is 4.42. The molecule has 2 atom stereocenters. The fraction of sp³-hybridized carbons (Fsp3) is 0.650. The molecule has 1 aromatic rings. The molecule has 2 heterocycles. The highest BCUT2D eigenvalue weighted by Gasteiger charge is 2.51. The normalized spacial score (nSPS) is 27.8. The Bertz CT molecular complexity index is 743. The van der Waals surface area contributed by atoms with Crippen LogP contribution in [0.5, 0.6) is 0 Å². The summed E-state index contributed by atoms with van der Waals surface area (Å²) < 4.78 is 58.8. The second-order valence-corrected chi connectivity index (χ2v) is 8.88. The summed E-state index contributed by atoms with van der Waals surface area (Å²) in [5.74, 6) is -0.777. The number of carbonyl (C=O) groups is 1. The molecule has 8 heteroatoms. The van der Waals surface area contributed by atoms with Gasteiger partial charge in [0.05, 0.1) is 11.2 Å². The number of benzene rings is 1. The van der Waals surface area contributed by atoms with Gasteiger partial charge in [0.15, 0.2) is 0 Å². The van der Waals surface area contributed by atoms with Gasteiger partial charge in [0, 0.05) is 18.5 Å². The first-order valence-corrected chi connectivity index (χ1v) is 9.37. The Hall–Kier alpha value is -1.83. The zero-order chi connectivity index (χ0) is 20.9. The highest BCUT2D eigenvalue weighted by molar-refractivity contribution is 5.69. The van der Waals surface area contributed by atoms with Crippen LogP contribution in [0, 0.1) is 5.82 Å². The molecule has 28 heavy (non-hydrogen) atoms. The number of piperidine rings is 1. The van der Waals surface area contributed by atoms with Crippen LogP contribution in [0.1, 0.15) is 57.6 Å². The molecule has 1 N–H and O–H groups in total. The average molecular weight is 403 g/mol. The number of amides is 1. The van der Waals surface area contributed by atoms with E-state index in [-0.39, 0.29) is 36.9 Å². The molecule has 156 valence electrons. The molecule has 2 aliphatic heterocycles. The molecule has 2 aliphatic rings. The fourth-order valence-corrected chi connectivity index (χ4v) is 4.42. The van der Waals surface area contributed by atoms with E-state index < -0.39 is 34.9 Å². The monoisotopic (exact) mass is 403 g/mol. The summed E-state index contributed by atoms with van der Waals surface area (Å²) in [5, 5.41) is 11.1. The van der Waals surface area contributed by atoms with Crippen LogP contribution in [0.25, 0.3) is 0 Å². The Balaban J connectivity index is 1.80. The lowest BCUT2D eigenvalue weighted by Crippen LogP contribution is -2.55. The van der Waals surface area contributed by atoms with Crippen LogP contribution in [0.15, 0.2) is 18.2 Å². The van der Waals surface area contributed by atoms with Crippen LogP contribution in [0.2, 0.25) is 0 Å². The molecule has 2 saturated heterocycles. The van der Waals surface area contributed by atoms with Crippen LogP contribution in [-0.4, -0.2) is 39.4 Å². The van der Waals surface area contributed by atoms with Crippen molar-refractivity contribution < 1.29 is 32.2 Å². The lowest BCUT2D eigenvalue weighted by atomic mass is 9.80. The average Bonchev–Trinajstić information content (AvgIpc) is 2.77. The maximum Gasteiger partial charge on any atom is 0.416 e. The molecule has 2 unspecified atom stereocenters. The first kappa shape index (κ1) is 20.9. The first-order chi connectivity index (χ1) is 12.8. The molecule has 2 bridgehead atoms. The van der Waals surface area contributed by atoms with Crippen molar-refractivity contribution in [1.29, 1.82) is 0 Å². The second-order valence-electron chi connectivity index (χ2n) is 8.88. The predicted octanol–water partition coefficient (Wildman–Crippen LogP) is 4.68. The molecule has 0 saturated carbocycles. The number of hydrogen-bond donors (Lipinski definition) is 1. The molecule has 0 radical (unpaired) electrons. The number of nitrogens with zero attached hydrogens (tertiary/aromatic N) is 1. The number of alkyl halides is 3. The summed E-state index contributed by atoms with van der Waals surface area (Å²) in [6, 6.07) is 1.70. The van der Waals surface area contributed by atoms with E-state index in [0.717, 1.165) is 12.1 Å². The molecule has 4 nitrogen and oxygen atoms in total. The molecule has 1 amide bonds. The van der Waals surface area contributed by atoms with E-state index in [1.54, 1.807) is 25.7 Å². The Morgan fingerprint density at radius 1 is 1.21 bits per heavy atom. The number of ether oxygens (including phenoxy) is 1. The SMILES string of the molecule is CC(C)(C)OC(=O)N1C2CCC1CC(O)(Cc1cc(F)ccc1C(F)(F)F)C2. The molecule has 3 rings (SSSR count). The minimum Gasteiger partial charge on any atom is -0.444 e. The van der Waals surface area contributed by atoms with Crippen molar-refractivity contribution in [3.05, 3.63) is 35.1 Å². The number of hydrogen-bond acceptors (Lipinski definition) is 3. The van der Waals surface area contributed by atoms with E-state index in [2.05, 4.69) is 0 Å². The van der Waals surface area contributed by atoms with Gasteiger partial charge in [0.2, 0.25) is 0 Å². The molecule has 0 spiro atoms. The standard InChI is InChI=1S/C20H25F4NO3/c1-18(2,3)28-17(26)25-14-5-6-15(25)11-19(27,10-14)9-12-8-13(21)4-7-16(12)20(22,23)24/h4,7-8,14-15,27H,5-6,9-11H2,1-3H3. The highest BCUT2D eigenvalue weighted by atomic mass is 19.4. The van der Waals surface area contributed by atoms with Gasteiger partial charge in [-0.15, -0.1) is 0 Å². The molecule has 1 aromatic carbocycles. The first-order valence-electron chi connectivity index (χ1n) is 9.37. The molecular weight excluding hydrogens is 378 g/mol. The summed E-state index contributed by atoms with van der Waals surface area (Å²) in [6.07, 6.45) is -3.83. The third-order valence-electron chi connectivity index (χ3n) is 5.35. The van der Waals surface area contributed by atoms with Gasteiger partial charge in [-0.2, -0.15) is 13.2 Å². The fourth-order valence-electron chi connectivity index (χ4n) is 4.42. The van der Waals surface area contributed by atoms with E-state index >= 15 is 0 Å². The summed E-state index contributed by atoms with van der Waals surface area (Å²) in [4.78, 5) is 14.1. The van der Waals surface area contributed by atoms with Crippen molar-refractivity contribution in [3.63, 3.8) is 0 Å². The van der Waals surface area contributed by atoms with Gasteiger partial charge < -0.3 is 14.7 Å². The molecule has 0 aromatic heterocycles. The van der Waals surface area contributed by atoms with Crippen LogP contribution in [0.4, 0.5) is 22.4 Å². The third-order valence-corrected chi connectivity index (χ3v) is 5.35. The smallest absolute Gasteiger partial charge is 0.416 e. The van der Waals surface area contributed by atoms with Gasteiger partial charge in [-0.05, 0) is 70.2 Å². The number of rotatable bonds is 2. The molecule has 2 fully saturated rings. The lowest BCUT2D eigenvalue weighted by Gasteiger charge is -2.44. The van der Waals surface area contributed by atoms with Gasteiger partial charge in [-0.1, -0.05) is 0 Å². The largest absolute Gasteiger partial charge is 0.444 e. The van der Waals surface area contributed by atoms with E-state index in [9.17, 15) is 27.5 Å². The van der Waals surface area contributed by atoms with Crippen molar-refractivity contribution in [1.82, 2.24) is 4.90 Å². The topological polar surface area (TPSA) is 49.8 Å². The maximum atomic E-state index is 13.6. The number of aliphatic hydroxyl groups is 1. The maximum absolute atomic E-state index is 13.6. The van der Waals surface area contributed by atoms with Crippen molar-refractivity contribution in [2.24, 2.45) is 0 Å². The predicted molar refractivity (Wildman–Crippen MR) is 94.2 cm³/mol. The highest BCUT2D eigenvalue weighted by Crippen LogP contribution is 2.44. The van der Waals surface area contributed by atoms with Gasteiger partial charge in [0.1, 0.15) is 11.4 Å². The Kier molecular flexibility index (Phi) is 5.15. The summed E-state index contributed by atoms with van der Waals surface area (Å²) in [6.45, 7) is 5.28. The van der Waals surface area contributed by atoms with E-state index in [0.29, 0.717) is 18.9 Å². The van der Waals surface area contributed by atoms with Gasteiger partial charge in [0.25, 0.3) is 0 Å². The summed E-state index contributed by atoms with van der Waals surface area (Å²) >= 11 is 0. The van der Waals surface area contributed by atoms with E-state index in [4.69, 9.17) is 4.74 Å². The van der Waals surface area contributed by atoms with Gasteiger partial charge in [-0.3, -0.25) is 0 Å². The second kappa shape index (κ2) is 6.90. The Morgan fingerprint density at radius 2 is 1.79 bits per heavy atom. The van der Waals surface area contributed by atoms with Crippen molar-refractivity contribution in [3.8, 4) is 0 Å². The molecular formula is C20H25F4NO3. The minimum atomic E-state index is -4.63. The van der Waals surface area contributed by atoms with Crippen molar-refractivity contribution in [2.45, 2.75) is 82.3 Å². The van der Waals surface area contributed by atoms with Crippen molar-refractivity contribution in [2.75, 3.05) is 0 Å². The van der Waals surface area contributed by atoms with Gasteiger partial charge in [-0.25, -0.2) is 9.18 Å². The van der Waals surface area contributed by atoms with Crippen LogP contribution in [0.3, 0.4) is 0 Å². The van der Waals surface area contributed by atoms with E-state index in [1.807, 2.05) is 0 Å². The number of halogens is 4. The molecule has 0 aliphatic carbocycles. The lowest BCUT2D eigenvalue weighted by molar-refractivity contribution is -0.138. The Labute approximate surface area is 161 Å². The zero-order valence-corrected chi connectivity index (χ0v) is 16.1. The zero-order valence-electron chi connectivity index (χ0n) is 16.1. The Morgan fingerprint density at radius 3 is 2.29 bits per heavy atom. The van der Waals surface area contributed by atoms with Crippen LogP contribution < -0.4 is 0 Å². The van der Waals surface area contributed by atoms with Crippen LogP contribution >= 0.6 is 0 Å². The summed E-state index contributed by atoms with van der Waals surface area (Å²) in [7, 11) is 0. The minimum absolute atomic E-state index is 0.135.